The smallest absolute Gasteiger partial charge is 0.258 e. The Bertz CT molecular complexity index is 768. The van der Waals surface area contributed by atoms with Crippen LogP contribution in [0.5, 0.6) is 0 Å². The molecule has 1 saturated heterocycles. The number of pyridine rings is 1. The Balaban J connectivity index is 1.62. The first-order valence-electron chi connectivity index (χ1n) is 8.55. The van der Waals surface area contributed by atoms with Gasteiger partial charge < -0.3 is 4.74 Å². The molecule has 2 fully saturated rings. The quantitative estimate of drug-likeness (QED) is 0.852. The van der Waals surface area contributed by atoms with Crippen molar-refractivity contribution < 1.29 is 4.74 Å². The van der Waals surface area contributed by atoms with E-state index in [1.807, 2.05) is 25.3 Å². The van der Waals surface area contributed by atoms with Crippen molar-refractivity contribution in [1.29, 1.82) is 0 Å². The van der Waals surface area contributed by atoms with Crippen LogP contribution in [0.4, 0.5) is 0 Å². The summed E-state index contributed by atoms with van der Waals surface area (Å²) in [7, 11) is 0. The average molecular weight is 313 g/mol. The molecule has 2 aromatic rings. The van der Waals surface area contributed by atoms with Gasteiger partial charge >= 0.3 is 0 Å². The van der Waals surface area contributed by atoms with Crippen LogP contribution in [0.25, 0.3) is 5.65 Å². The molecule has 0 N–H and O–H groups in total. The number of rotatable bonds is 2. The predicted octanol–water partition coefficient (Wildman–Crippen LogP) is 2.15. The van der Waals surface area contributed by atoms with Crippen molar-refractivity contribution in [3.05, 3.63) is 46.0 Å². The average Bonchev–Trinajstić information content (AvgIpc) is 2.56. The zero-order valence-electron chi connectivity index (χ0n) is 13.6. The maximum absolute atomic E-state index is 12.4. The highest BCUT2D eigenvalue weighted by Crippen LogP contribution is 2.29. The second-order valence-corrected chi connectivity index (χ2v) is 6.75. The molecule has 1 saturated carbocycles. The summed E-state index contributed by atoms with van der Waals surface area (Å²) in [6, 6.07) is 6.08. The first-order chi connectivity index (χ1) is 11.2. The van der Waals surface area contributed by atoms with Crippen LogP contribution < -0.4 is 5.56 Å². The zero-order valence-corrected chi connectivity index (χ0v) is 13.6. The molecule has 5 nitrogen and oxygen atoms in total. The van der Waals surface area contributed by atoms with Gasteiger partial charge in [-0.1, -0.05) is 18.9 Å². The molecule has 3 heterocycles. The molecule has 2 aliphatic rings. The highest BCUT2D eigenvalue weighted by Gasteiger charge is 2.34. The van der Waals surface area contributed by atoms with Crippen molar-refractivity contribution in [1.82, 2.24) is 14.3 Å². The van der Waals surface area contributed by atoms with Gasteiger partial charge in [0.1, 0.15) is 5.65 Å². The summed E-state index contributed by atoms with van der Waals surface area (Å²) in [5.41, 5.74) is 2.66. The summed E-state index contributed by atoms with van der Waals surface area (Å²) >= 11 is 0. The molecule has 0 spiro atoms. The molecule has 0 radical (unpaired) electrons. The van der Waals surface area contributed by atoms with E-state index >= 15 is 0 Å². The maximum Gasteiger partial charge on any atom is 0.258 e. The normalized spacial score (nSPS) is 25.4. The van der Waals surface area contributed by atoms with E-state index in [1.165, 1.54) is 19.3 Å². The lowest BCUT2D eigenvalue weighted by atomic mass is 9.90. The molecule has 0 aromatic carbocycles. The summed E-state index contributed by atoms with van der Waals surface area (Å²) in [6.45, 7) is 4.43. The van der Waals surface area contributed by atoms with E-state index in [1.54, 1.807) is 10.5 Å². The first-order valence-corrected chi connectivity index (χ1v) is 8.55. The van der Waals surface area contributed by atoms with Gasteiger partial charge in [-0.05, 0) is 31.4 Å². The topological polar surface area (TPSA) is 46.8 Å². The van der Waals surface area contributed by atoms with Gasteiger partial charge in [0.2, 0.25) is 0 Å². The second kappa shape index (κ2) is 6.06. The monoisotopic (exact) mass is 313 g/mol. The summed E-state index contributed by atoms with van der Waals surface area (Å²) in [5, 5.41) is 0. The molecule has 5 heteroatoms. The van der Waals surface area contributed by atoms with Gasteiger partial charge in [0.15, 0.2) is 0 Å². The van der Waals surface area contributed by atoms with Crippen LogP contribution in [-0.4, -0.2) is 39.6 Å². The van der Waals surface area contributed by atoms with Gasteiger partial charge in [-0.15, -0.1) is 0 Å². The Morgan fingerprint density at radius 1 is 1.30 bits per heavy atom. The third-order valence-electron chi connectivity index (χ3n) is 5.07. The summed E-state index contributed by atoms with van der Waals surface area (Å²) in [5.74, 6) is 0. The Hall–Kier alpha value is -1.72. The summed E-state index contributed by atoms with van der Waals surface area (Å²) in [6.07, 6.45) is 7.10. The van der Waals surface area contributed by atoms with E-state index in [0.717, 1.165) is 43.0 Å². The van der Waals surface area contributed by atoms with Gasteiger partial charge in [-0.3, -0.25) is 14.1 Å². The van der Waals surface area contributed by atoms with Crippen molar-refractivity contribution >= 4 is 5.65 Å². The molecule has 1 aliphatic heterocycles. The van der Waals surface area contributed by atoms with Crippen molar-refractivity contribution in [2.75, 3.05) is 13.2 Å². The standard InChI is InChI=1S/C18H23N3O2/c1-13-6-7-17-19-14(10-18(22)21(17)11-13)12-20-8-9-23-16-5-3-2-4-15(16)20/h6-7,10-11,15-16H,2-5,8-9,12H2,1H3/t15-,16-/m0/s1. The summed E-state index contributed by atoms with van der Waals surface area (Å²) < 4.78 is 7.56. The number of aromatic nitrogens is 2. The Morgan fingerprint density at radius 2 is 2.17 bits per heavy atom. The molecule has 4 rings (SSSR count). The van der Waals surface area contributed by atoms with Gasteiger partial charge in [0.25, 0.3) is 5.56 Å². The maximum atomic E-state index is 12.4. The van der Waals surface area contributed by atoms with Crippen LogP contribution in [0.1, 0.15) is 36.9 Å². The zero-order chi connectivity index (χ0) is 15.8. The van der Waals surface area contributed by atoms with Crippen LogP contribution in [0.15, 0.2) is 29.2 Å². The minimum atomic E-state index is 0.00199. The lowest BCUT2D eigenvalue weighted by molar-refractivity contribution is -0.0914. The summed E-state index contributed by atoms with van der Waals surface area (Å²) in [4.78, 5) is 19.5. The van der Waals surface area contributed by atoms with Crippen molar-refractivity contribution in [3.63, 3.8) is 0 Å². The highest BCUT2D eigenvalue weighted by atomic mass is 16.5. The Labute approximate surface area is 135 Å². The minimum Gasteiger partial charge on any atom is -0.375 e. The van der Waals surface area contributed by atoms with Crippen LogP contribution in [0.2, 0.25) is 0 Å². The minimum absolute atomic E-state index is 0.00199. The van der Waals surface area contributed by atoms with Crippen LogP contribution >= 0.6 is 0 Å². The Kier molecular flexibility index (Phi) is 3.91. The second-order valence-electron chi connectivity index (χ2n) is 6.75. The number of nitrogens with zero attached hydrogens (tertiary/aromatic N) is 3. The number of aryl methyl sites for hydroxylation is 1. The molecule has 2 aromatic heterocycles. The lowest BCUT2D eigenvalue weighted by Crippen LogP contribution is -2.52. The fourth-order valence-electron chi connectivity index (χ4n) is 3.92. The van der Waals surface area contributed by atoms with Crippen molar-refractivity contribution in [2.45, 2.75) is 51.3 Å². The number of hydrogen-bond acceptors (Lipinski definition) is 4. The van der Waals surface area contributed by atoms with Crippen LogP contribution in [0.3, 0.4) is 0 Å². The molecule has 2 atom stereocenters. The molecule has 0 amide bonds. The van der Waals surface area contributed by atoms with E-state index in [9.17, 15) is 4.79 Å². The molecular formula is C18H23N3O2. The van der Waals surface area contributed by atoms with E-state index in [0.29, 0.717) is 12.1 Å². The molecule has 0 unspecified atom stereocenters. The number of ether oxygens (including phenoxy) is 1. The third kappa shape index (κ3) is 2.91. The lowest BCUT2D eigenvalue weighted by Gasteiger charge is -2.43. The fraction of sp³-hybridized carbons (Fsp3) is 0.556. The van der Waals surface area contributed by atoms with E-state index in [2.05, 4.69) is 9.88 Å². The molecule has 0 bridgehead atoms. The predicted molar refractivity (Wildman–Crippen MR) is 88.6 cm³/mol. The van der Waals surface area contributed by atoms with Gasteiger partial charge in [-0.2, -0.15) is 0 Å². The van der Waals surface area contributed by atoms with Crippen LogP contribution in [0, 0.1) is 6.92 Å². The van der Waals surface area contributed by atoms with Crippen molar-refractivity contribution in [3.8, 4) is 0 Å². The first kappa shape index (κ1) is 14.8. The largest absolute Gasteiger partial charge is 0.375 e. The third-order valence-corrected chi connectivity index (χ3v) is 5.07. The Morgan fingerprint density at radius 3 is 3.09 bits per heavy atom. The van der Waals surface area contributed by atoms with Gasteiger partial charge in [0.05, 0.1) is 18.4 Å². The highest BCUT2D eigenvalue weighted by molar-refractivity contribution is 5.39. The van der Waals surface area contributed by atoms with Gasteiger partial charge in [-0.25, -0.2) is 4.98 Å². The molecule has 23 heavy (non-hydrogen) atoms. The molecule has 1 aliphatic carbocycles. The van der Waals surface area contributed by atoms with E-state index < -0.39 is 0 Å². The van der Waals surface area contributed by atoms with Crippen LogP contribution in [-0.2, 0) is 11.3 Å². The van der Waals surface area contributed by atoms with E-state index in [-0.39, 0.29) is 5.56 Å². The van der Waals surface area contributed by atoms with Crippen molar-refractivity contribution in [2.24, 2.45) is 0 Å². The van der Waals surface area contributed by atoms with E-state index in [4.69, 9.17) is 4.74 Å². The van der Waals surface area contributed by atoms with Gasteiger partial charge in [0, 0.05) is 31.4 Å². The SMILES string of the molecule is Cc1ccc2nc(CN3CCO[C@H]4CCCC[C@@H]43)cc(=O)n2c1. The molecule has 122 valence electrons. The number of hydrogen-bond donors (Lipinski definition) is 0. The molecular weight excluding hydrogens is 290 g/mol. The fourth-order valence-corrected chi connectivity index (χ4v) is 3.92. The number of fused-ring (bicyclic) bond motifs is 2. The number of morpholine rings is 1.